The van der Waals surface area contributed by atoms with E-state index in [2.05, 4.69) is 31.0 Å². The van der Waals surface area contributed by atoms with E-state index in [1.165, 1.54) is 5.56 Å². The van der Waals surface area contributed by atoms with E-state index in [0.717, 1.165) is 12.0 Å². The SMILES string of the molecule is CC(C)Cc1cccc(C(C)(C)N=C=O)c1. The molecule has 0 aromatic heterocycles. The highest BCUT2D eigenvalue weighted by atomic mass is 16.1. The van der Waals surface area contributed by atoms with E-state index in [1.807, 2.05) is 26.0 Å². The quantitative estimate of drug-likeness (QED) is 0.561. The molecule has 0 radical (unpaired) electrons. The van der Waals surface area contributed by atoms with E-state index in [4.69, 9.17) is 0 Å². The van der Waals surface area contributed by atoms with Gasteiger partial charge >= 0.3 is 0 Å². The van der Waals surface area contributed by atoms with Gasteiger partial charge in [-0.25, -0.2) is 4.79 Å². The molecule has 0 amide bonds. The number of benzene rings is 1. The summed E-state index contributed by atoms with van der Waals surface area (Å²) in [4.78, 5) is 14.2. The highest BCUT2D eigenvalue weighted by Gasteiger charge is 2.19. The third-order valence-corrected chi connectivity index (χ3v) is 2.60. The number of carbonyl (C=O) groups excluding carboxylic acids is 1. The summed E-state index contributed by atoms with van der Waals surface area (Å²) in [7, 11) is 0. The second kappa shape index (κ2) is 5.09. The highest BCUT2D eigenvalue weighted by Crippen LogP contribution is 2.25. The van der Waals surface area contributed by atoms with E-state index in [0.29, 0.717) is 5.92 Å². The van der Waals surface area contributed by atoms with Crippen molar-refractivity contribution >= 4 is 6.08 Å². The van der Waals surface area contributed by atoms with Gasteiger partial charge in [0.05, 0.1) is 5.54 Å². The smallest absolute Gasteiger partial charge is 0.211 e. The summed E-state index contributed by atoms with van der Waals surface area (Å²) in [6.07, 6.45) is 2.69. The van der Waals surface area contributed by atoms with Gasteiger partial charge in [-0.2, -0.15) is 4.99 Å². The molecule has 0 spiro atoms. The first-order chi connectivity index (χ1) is 7.45. The number of isocyanates is 1. The van der Waals surface area contributed by atoms with Crippen molar-refractivity contribution in [2.75, 3.05) is 0 Å². The van der Waals surface area contributed by atoms with Crippen molar-refractivity contribution in [3.8, 4) is 0 Å². The van der Waals surface area contributed by atoms with Gasteiger partial charge in [-0.1, -0.05) is 38.1 Å². The Hall–Kier alpha value is -1.40. The molecule has 0 heterocycles. The molecule has 0 saturated carbocycles. The van der Waals surface area contributed by atoms with Crippen LogP contribution in [0.2, 0.25) is 0 Å². The molecule has 16 heavy (non-hydrogen) atoms. The van der Waals surface area contributed by atoms with Gasteiger partial charge in [-0.05, 0) is 37.3 Å². The van der Waals surface area contributed by atoms with Crippen LogP contribution in [0.4, 0.5) is 0 Å². The average molecular weight is 217 g/mol. The molecule has 0 aliphatic carbocycles. The van der Waals surface area contributed by atoms with Gasteiger partial charge in [0.1, 0.15) is 0 Å². The van der Waals surface area contributed by atoms with Crippen molar-refractivity contribution in [1.29, 1.82) is 0 Å². The summed E-state index contributed by atoms with van der Waals surface area (Å²) in [6, 6.07) is 8.27. The minimum Gasteiger partial charge on any atom is -0.211 e. The Morgan fingerprint density at radius 1 is 1.38 bits per heavy atom. The molecule has 2 nitrogen and oxygen atoms in total. The molecule has 0 aliphatic heterocycles. The topological polar surface area (TPSA) is 29.4 Å². The van der Waals surface area contributed by atoms with Crippen molar-refractivity contribution in [3.05, 3.63) is 35.4 Å². The summed E-state index contributed by atoms with van der Waals surface area (Å²) >= 11 is 0. The molecule has 0 bridgehead atoms. The van der Waals surface area contributed by atoms with Gasteiger partial charge in [-0.15, -0.1) is 0 Å². The van der Waals surface area contributed by atoms with Crippen LogP contribution in [0.15, 0.2) is 29.3 Å². The zero-order valence-corrected chi connectivity index (χ0v) is 10.4. The fourth-order valence-electron chi connectivity index (χ4n) is 1.73. The number of nitrogens with zero attached hydrogens (tertiary/aromatic N) is 1. The summed E-state index contributed by atoms with van der Waals surface area (Å²) in [6.45, 7) is 8.24. The first kappa shape index (κ1) is 12.7. The second-order valence-electron chi connectivity index (χ2n) is 5.06. The largest absolute Gasteiger partial charge is 0.235 e. The highest BCUT2D eigenvalue weighted by molar-refractivity contribution is 5.38. The van der Waals surface area contributed by atoms with Gasteiger partial charge in [0.25, 0.3) is 0 Å². The molecule has 86 valence electrons. The first-order valence-corrected chi connectivity index (χ1v) is 5.64. The van der Waals surface area contributed by atoms with Gasteiger partial charge in [0, 0.05) is 0 Å². The number of aliphatic imine (C=N–C) groups is 1. The van der Waals surface area contributed by atoms with Gasteiger partial charge < -0.3 is 0 Å². The van der Waals surface area contributed by atoms with Crippen LogP contribution in [0.3, 0.4) is 0 Å². The van der Waals surface area contributed by atoms with Crippen LogP contribution >= 0.6 is 0 Å². The van der Waals surface area contributed by atoms with Crippen LogP contribution in [0, 0.1) is 5.92 Å². The molecule has 0 saturated heterocycles. The minimum absolute atomic E-state index is 0.477. The fourth-order valence-corrected chi connectivity index (χ4v) is 1.73. The molecule has 0 N–H and O–H groups in total. The number of hydrogen-bond acceptors (Lipinski definition) is 2. The molecular formula is C14H19NO. The Kier molecular flexibility index (Phi) is 4.03. The predicted octanol–water partition coefficient (Wildman–Crippen LogP) is 3.46. The van der Waals surface area contributed by atoms with E-state index >= 15 is 0 Å². The lowest BCUT2D eigenvalue weighted by molar-refractivity contribution is 0.522. The molecule has 0 atom stereocenters. The zero-order chi connectivity index (χ0) is 12.2. The van der Waals surface area contributed by atoms with Crippen LogP contribution in [0.25, 0.3) is 0 Å². The monoisotopic (exact) mass is 217 g/mol. The Bertz CT molecular complexity index is 401. The average Bonchev–Trinajstić information content (AvgIpc) is 2.17. The van der Waals surface area contributed by atoms with Crippen molar-refractivity contribution in [1.82, 2.24) is 0 Å². The maximum absolute atomic E-state index is 10.4. The second-order valence-corrected chi connectivity index (χ2v) is 5.06. The first-order valence-electron chi connectivity index (χ1n) is 5.64. The van der Waals surface area contributed by atoms with Crippen molar-refractivity contribution in [2.24, 2.45) is 10.9 Å². The van der Waals surface area contributed by atoms with Crippen LogP contribution < -0.4 is 0 Å². The van der Waals surface area contributed by atoms with Crippen LogP contribution in [-0.2, 0) is 16.8 Å². The van der Waals surface area contributed by atoms with E-state index < -0.39 is 5.54 Å². The third-order valence-electron chi connectivity index (χ3n) is 2.60. The van der Waals surface area contributed by atoms with Crippen molar-refractivity contribution in [2.45, 2.75) is 39.7 Å². The standard InChI is InChI=1S/C14H19NO/c1-11(2)8-12-6-5-7-13(9-12)14(3,4)15-10-16/h5-7,9,11H,8H2,1-4H3. The van der Waals surface area contributed by atoms with Crippen molar-refractivity contribution < 1.29 is 4.79 Å². The maximum atomic E-state index is 10.4. The van der Waals surface area contributed by atoms with E-state index in [1.54, 1.807) is 6.08 Å². The van der Waals surface area contributed by atoms with Crippen LogP contribution in [0.5, 0.6) is 0 Å². The molecule has 1 aromatic carbocycles. The summed E-state index contributed by atoms with van der Waals surface area (Å²) in [5, 5.41) is 0. The molecule has 1 aromatic rings. The normalized spacial score (nSPS) is 11.3. The van der Waals surface area contributed by atoms with E-state index in [-0.39, 0.29) is 0 Å². The molecule has 0 aliphatic rings. The minimum atomic E-state index is -0.477. The molecule has 0 fully saturated rings. The van der Waals surface area contributed by atoms with E-state index in [9.17, 15) is 4.79 Å². The molecule has 0 unspecified atom stereocenters. The predicted molar refractivity (Wildman–Crippen MR) is 66.1 cm³/mol. The van der Waals surface area contributed by atoms with Crippen LogP contribution in [-0.4, -0.2) is 6.08 Å². The maximum Gasteiger partial charge on any atom is 0.235 e. The van der Waals surface area contributed by atoms with Crippen LogP contribution in [0.1, 0.15) is 38.8 Å². The van der Waals surface area contributed by atoms with Gasteiger partial charge in [0.2, 0.25) is 6.08 Å². The molecular weight excluding hydrogens is 198 g/mol. The molecule has 2 heteroatoms. The van der Waals surface area contributed by atoms with Gasteiger partial charge in [0.15, 0.2) is 0 Å². The lowest BCUT2D eigenvalue weighted by atomic mass is 9.92. The van der Waals surface area contributed by atoms with Crippen molar-refractivity contribution in [3.63, 3.8) is 0 Å². The Labute approximate surface area is 97.4 Å². The third kappa shape index (κ3) is 3.32. The molecule has 1 rings (SSSR count). The Balaban J connectivity index is 3.02. The lowest BCUT2D eigenvalue weighted by Crippen LogP contribution is -2.13. The Morgan fingerprint density at radius 2 is 2.06 bits per heavy atom. The number of hydrogen-bond donors (Lipinski definition) is 0. The Morgan fingerprint density at radius 3 is 2.62 bits per heavy atom. The summed E-state index contributed by atoms with van der Waals surface area (Å²) in [5.41, 5.74) is 1.88. The summed E-state index contributed by atoms with van der Waals surface area (Å²) < 4.78 is 0. The fraction of sp³-hybridized carbons (Fsp3) is 0.500. The number of rotatable bonds is 4. The summed E-state index contributed by atoms with van der Waals surface area (Å²) in [5.74, 6) is 0.632. The lowest BCUT2D eigenvalue weighted by Gasteiger charge is -2.19. The van der Waals surface area contributed by atoms with Gasteiger partial charge in [-0.3, -0.25) is 0 Å². The zero-order valence-electron chi connectivity index (χ0n) is 10.4.